The Kier molecular flexibility index (Phi) is 4.78. The zero-order chi connectivity index (χ0) is 14.5. The third kappa shape index (κ3) is 3.83. The van der Waals surface area contributed by atoms with Gasteiger partial charge in [0.15, 0.2) is 0 Å². The standard InChI is InChI=1S/C16H16N2OS/c1-11-5-12(2)7-14(6-11)15(19)10-20-16-8-13(9-17)3-4-18-16/h3-8,15,19H,10H2,1-2H3. The molecule has 0 spiro atoms. The van der Waals surface area contributed by atoms with E-state index in [1.807, 2.05) is 26.0 Å². The predicted molar refractivity (Wildman–Crippen MR) is 80.6 cm³/mol. The van der Waals surface area contributed by atoms with Crippen LogP contribution in [0, 0.1) is 25.2 Å². The molecule has 3 nitrogen and oxygen atoms in total. The Labute approximate surface area is 123 Å². The molecule has 0 fully saturated rings. The first-order valence-corrected chi connectivity index (χ1v) is 7.32. The van der Waals surface area contributed by atoms with Gasteiger partial charge in [-0.2, -0.15) is 5.26 Å². The molecule has 0 amide bonds. The summed E-state index contributed by atoms with van der Waals surface area (Å²) in [6.07, 6.45) is 1.08. The number of aliphatic hydroxyl groups is 1. The molecule has 0 aliphatic heterocycles. The number of nitriles is 1. The van der Waals surface area contributed by atoms with E-state index in [1.165, 1.54) is 11.8 Å². The second-order valence-electron chi connectivity index (χ2n) is 4.74. The predicted octanol–water partition coefficient (Wildman–Crippen LogP) is 3.40. The molecule has 0 saturated heterocycles. The average Bonchev–Trinajstić information content (AvgIpc) is 2.44. The highest BCUT2D eigenvalue weighted by atomic mass is 32.2. The van der Waals surface area contributed by atoms with Gasteiger partial charge < -0.3 is 5.11 Å². The first kappa shape index (κ1) is 14.6. The first-order valence-electron chi connectivity index (χ1n) is 6.33. The van der Waals surface area contributed by atoms with E-state index in [9.17, 15) is 5.11 Å². The minimum atomic E-state index is -0.536. The summed E-state index contributed by atoms with van der Waals surface area (Å²) in [5.74, 6) is 0.519. The molecule has 0 radical (unpaired) electrons. The van der Waals surface area contributed by atoms with Gasteiger partial charge in [0.2, 0.25) is 0 Å². The summed E-state index contributed by atoms with van der Waals surface area (Å²) in [6.45, 7) is 4.04. The van der Waals surface area contributed by atoms with Crippen LogP contribution in [0.25, 0.3) is 0 Å². The number of aliphatic hydroxyl groups excluding tert-OH is 1. The van der Waals surface area contributed by atoms with Crippen molar-refractivity contribution in [3.63, 3.8) is 0 Å². The van der Waals surface area contributed by atoms with Gasteiger partial charge in [0.05, 0.1) is 22.8 Å². The van der Waals surface area contributed by atoms with Crippen molar-refractivity contribution in [3.05, 3.63) is 58.8 Å². The van der Waals surface area contributed by atoms with Crippen molar-refractivity contribution in [2.45, 2.75) is 25.0 Å². The van der Waals surface area contributed by atoms with Gasteiger partial charge in [-0.1, -0.05) is 29.3 Å². The summed E-state index contributed by atoms with van der Waals surface area (Å²) in [4.78, 5) is 4.19. The van der Waals surface area contributed by atoms with Gasteiger partial charge in [-0.05, 0) is 31.5 Å². The first-order chi connectivity index (χ1) is 9.58. The van der Waals surface area contributed by atoms with Gasteiger partial charge in [-0.3, -0.25) is 0 Å². The van der Waals surface area contributed by atoms with Gasteiger partial charge in [-0.15, -0.1) is 11.8 Å². The van der Waals surface area contributed by atoms with E-state index in [4.69, 9.17) is 5.26 Å². The van der Waals surface area contributed by atoms with Crippen LogP contribution in [0.2, 0.25) is 0 Å². The van der Waals surface area contributed by atoms with Crippen LogP contribution in [0.4, 0.5) is 0 Å². The van der Waals surface area contributed by atoms with E-state index >= 15 is 0 Å². The highest BCUT2D eigenvalue weighted by Crippen LogP contribution is 2.25. The summed E-state index contributed by atoms with van der Waals surface area (Å²) >= 11 is 1.45. The smallest absolute Gasteiger partial charge is 0.0993 e. The Morgan fingerprint density at radius 2 is 1.95 bits per heavy atom. The van der Waals surface area contributed by atoms with E-state index in [-0.39, 0.29) is 0 Å². The molecule has 1 aromatic carbocycles. The maximum absolute atomic E-state index is 10.2. The summed E-state index contributed by atoms with van der Waals surface area (Å²) < 4.78 is 0. The fourth-order valence-electron chi connectivity index (χ4n) is 2.02. The quantitative estimate of drug-likeness (QED) is 0.874. The van der Waals surface area contributed by atoms with E-state index in [0.29, 0.717) is 11.3 Å². The van der Waals surface area contributed by atoms with Crippen molar-refractivity contribution in [1.82, 2.24) is 4.98 Å². The summed E-state index contributed by atoms with van der Waals surface area (Å²) in [5, 5.41) is 19.8. The molecule has 2 aromatic rings. The van der Waals surface area contributed by atoms with Crippen LogP contribution in [-0.2, 0) is 0 Å². The molecular weight excluding hydrogens is 268 g/mol. The van der Waals surface area contributed by atoms with Crippen molar-refractivity contribution in [2.75, 3.05) is 5.75 Å². The number of nitrogens with zero attached hydrogens (tertiary/aromatic N) is 2. The Hall–Kier alpha value is -1.83. The molecule has 0 aliphatic carbocycles. The lowest BCUT2D eigenvalue weighted by atomic mass is 10.0. The van der Waals surface area contributed by atoms with Crippen molar-refractivity contribution in [1.29, 1.82) is 5.26 Å². The molecule has 4 heteroatoms. The molecule has 1 heterocycles. The topological polar surface area (TPSA) is 56.9 Å². The normalized spacial score (nSPS) is 11.9. The number of rotatable bonds is 4. The van der Waals surface area contributed by atoms with Gasteiger partial charge in [-0.25, -0.2) is 4.98 Å². The number of hydrogen-bond acceptors (Lipinski definition) is 4. The van der Waals surface area contributed by atoms with Crippen LogP contribution in [0.15, 0.2) is 41.6 Å². The van der Waals surface area contributed by atoms with Crippen LogP contribution >= 0.6 is 11.8 Å². The Bertz CT molecular complexity index is 629. The molecule has 0 saturated carbocycles. The van der Waals surface area contributed by atoms with E-state index in [2.05, 4.69) is 17.1 Å². The molecule has 1 aromatic heterocycles. The maximum Gasteiger partial charge on any atom is 0.0993 e. The van der Waals surface area contributed by atoms with E-state index in [0.717, 1.165) is 21.7 Å². The molecule has 20 heavy (non-hydrogen) atoms. The largest absolute Gasteiger partial charge is 0.388 e. The SMILES string of the molecule is Cc1cc(C)cc(C(O)CSc2cc(C#N)ccn2)c1. The van der Waals surface area contributed by atoms with Gasteiger partial charge in [0, 0.05) is 11.9 Å². The van der Waals surface area contributed by atoms with E-state index in [1.54, 1.807) is 18.3 Å². The number of thioether (sulfide) groups is 1. The van der Waals surface area contributed by atoms with Crippen molar-refractivity contribution < 1.29 is 5.11 Å². The van der Waals surface area contributed by atoms with Crippen LogP contribution in [0.1, 0.15) is 28.4 Å². The van der Waals surface area contributed by atoms with Gasteiger partial charge in [0.1, 0.15) is 0 Å². The summed E-state index contributed by atoms with van der Waals surface area (Å²) in [7, 11) is 0. The molecule has 102 valence electrons. The fourth-order valence-corrected chi connectivity index (χ4v) is 2.89. The molecule has 0 aliphatic rings. The number of aromatic nitrogens is 1. The Morgan fingerprint density at radius 3 is 2.60 bits per heavy atom. The van der Waals surface area contributed by atoms with Crippen LogP contribution in [-0.4, -0.2) is 15.8 Å². The number of pyridine rings is 1. The minimum absolute atomic E-state index is 0.519. The van der Waals surface area contributed by atoms with Gasteiger partial charge >= 0.3 is 0 Å². The molecule has 1 atom stereocenters. The highest BCUT2D eigenvalue weighted by molar-refractivity contribution is 7.99. The van der Waals surface area contributed by atoms with Crippen molar-refractivity contribution >= 4 is 11.8 Å². The minimum Gasteiger partial charge on any atom is -0.388 e. The van der Waals surface area contributed by atoms with E-state index < -0.39 is 6.10 Å². The zero-order valence-electron chi connectivity index (χ0n) is 11.5. The third-order valence-corrected chi connectivity index (χ3v) is 3.88. The third-order valence-electron chi connectivity index (χ3n) is 2.88. The second-order valence-corrected chi connectivity index (χ2v) is 5.78. The highest BCUT2D eigenvalue weighted by Gasteiger charge is 2.10. The second kappa shape index (κ2) is 6.56. The molecule has 2 rings (SSSR count). The summed E-state index contributed by atoms with van der Waals surface area (Å²) in [5.41, 5.74) is 3.80. The van der Waals surface area contributed by atoms with Crippen LogP contribution < -0.4 is 0 Å². The zero-order valence-corrected chi connectivity index (χ0v) is 12.3. The number of aryl methyl sites for hydroxylation is 2. The van der Waals surface area contributed by atoms with Crippen LogP contribution in [0.5, 0.6) is 0 Å². The summed E-state index contributed by atoms with van der Waals surface area (Å²) in [6, 6.07) is 11.6. The molecule has 0 bridgehead atoms. The fraction of sp³-hybridized carbons (Fsp3) is 0.250. The lowest BCUT2D eigenvalue weighted by molar-refractivity contribution is 0.204. The molecular formula is C16H16N2OS. The number of hydrogen-bond donors (Lipinski definition) is 1. The van der Waals surface area contributed by atoms with Crippen molar-refractivity contribution in [2.24, 2.45) is 0 Å². The average molecular weight is 284 g/mol. The Balaban J connectivity index is 2.04. The molecule has 1 N–H and O–H groups in total. The lowest BCUT2D eigenvalue weighted by Gasteiger charge is -2.12. The molecule has 1 unspecified atom stereocenters. The maximum atomic E-state index is 10.2. The Morgan fingerprint density at radius 1 is 1.25 bits per heavy atom. The van der Waals surface area contributed by atoms with Crippen LogP contribution in [0.3, 0.4) is 0 Å². The number of benzene rings is 1. The lowest BCUT2D eigenvalue weighted by Crippen LogP contribution is -2.02. The van der Waals surface area contributed by atoms with Crippen molar-refractivity contribution in [3.8, 4) is 6.07 Å². The monoisotopic (exact) mass is 284 g/mol. The van der Waals surface area contributed by atoms with Gasteiger partial charge in [0.25, 0.3) is 0 Å².